The summed E-state index contributed by atoms with van der Waals surface area (Å²) in [5, 5.41) is 9.79. The molecule has 1 aliphatic rings. The number of aromatic nitrogens is 4. The third-order valence-electron chi connectivity index (χ3n) is 3.25. The number of carbonyl (C=O) groups excluding carboxylic acids is 1. The number of carbonyl (C=O) groups is 1. The van der Waals surface area contributed by atoms with E-state index in [2.05, 4.69) is 28.8 Å². The van der Waals surface area contributed by atoms with Crippen molar-refractivity contribution < 1.29 is 14.6 Å². The van der Waals surface area contributed by atoms with Gasteiger partial charge in [-0.15, -0.1) is 0 Å². The van der Waals surface area contributed by atoms with E-state index >= 15 is 0 Å². The van der Waals surface area contributed by atoms with E-state index in [1.807, 2.05) is 0 Å². The number of aliphatic hydroxyl groups is 1. The number of imidazole rings is 1. The van der Waals surface area contributed by atoms with Gasteiger partial charge in [0, 0.05) is 6.42 Å². The van der Waals surface area contributed by atoms with Gasteiger partial charge in [0.15, 0.2) is 17.6 Å². The van der Waals surface area contributed by atoms with Gasteiger partial charge in [-0.2, -0.15) is 0 Å². The number of nitrogens with zero attached hydrogens (tertiary/aromatic N) is 4. The van der Waals surface area contributed by atoms with E-state index < -0.39 is 24.3 Å². The topological polar surface area (TPSA) is 142 Å². The molecular weight excluding hydrogens is 312 g/mol. The van der Waals surface area contributed by atoms with E-state index in [-0.39, 0.29) is 19.7 Å². The fourth-order valence-electron chi connectivity index (χ4n) is 2.34. The van der Waals surface area contributed by atoms with Crippen LogP contribution in [0.5, 0.6) is 0 Å². The van der Waals surface area contributed by atoms with Crippen molar-refractivity contribution in [3.63, 3.8) is 0 Å². The zero-order valence-electron chi connectivity index (χ0n) is 13.4. The maximum absolute atomic E-state index is 11.2. The first-order valence-electron chi connectivity index (χ1n) is 7.48. The van der Waals surface area contributed by atoms with Gasteiger partial charge in [0.05, 0.1) is 12.4 Å². The summed E-state index contributed by atoms with van der Waals surface area (Å²) < 4.78 is 7.08. The minimum atomic E-state index is -1.03. The van der Waals surface area contributed by atoms with E-state index in [9.17, 15) is 9.90 Å². The highest BCUT2D eigenvalue weighted by Crippen LogP contribution is 2.31. The summed E-state index contributed by atoms with van der Waals surface area (Å²) in [5.41, 5.74) is 11.9. The first kappa shape index (κ1) is 19.8. The molecule has 1 amide bonds. The lowest BCUT2D eigenvalue weighted by atomic mass is 10.2. The lowest BCUT2D eigenvalue weighted by Gasteiger charge is -2.13. The van der Waals surface area contributed by atoms with Crippen molar-refractivity contribution in [2.45, 2.75) is 59.5 Å². The van der Waals surface area contributed by atoms with Crippen LogP contribution in [0.2, 0.25) is 0 Å². The number of nitrogen functional groups attached to an aromatic ring is 1. The molecule has 0 radical (unpaired) electrons. The summed E-state index contributed by atoms with van der Waals surface area (Å²) in [4.78, 5) is 23.6. The van der Waals surface area contributed by atoms with Crippen LogP contribution in [0.25, 0.3) is 11.2 Å². The first-order valence-corrected chi connectivity index (χ1v) is 7.48. The van der Waals surface area contributed by atoms with Gasteiger partial charge in [0.2, 0.25) is 5.91 Å². The Balaban J connectivity index is 0.000000671. The molecule has 1 unspecified atom stereocenters. The maximum Gasteiger partial charge on any atom is 0.249 e. The Bertz CT molecular complexity index is 702. The van der Waals surface area contributed by atoms with Gasteiger partial charge >= 0.3 is 0 Å². The van der Waals surface area contributed by atoms with Crippen molar-refractivity contribution in [3.8, 4) is 0 Å². The van der Waals surface area contributed by atoms with E-state index in [0.29, 0.717) is 17.0 Å². The van der Waals surface area contributed by atoms with Crippen LogP contribution < -0.4 is 11.5 Å². The molecule has 0 aromatic carbocycles. The number of primary amides is 1. The first-order chi connectivity index (χ1) is 10.9. The Morgan fingerprint density at radius 1 is 1.46 bits per heavy atom. The molecule has 134 valence electrons. The van der Waals surface area contributed by atoms with Crippen molar-refractivity contribution in [2.24, 2.45) is 5.73 Å². The van der Waals surface area contributed by atoms with Crippen molar-refractivity contribution in [1.82, 2.24) is 19.5 Å². The standard InChI is InChI=1S/C11H14N6O3.C3H8.CH4/c1-4-15-9(12)7-11(16-4)17(3-14-7)6-2-5(18)8(20-6)10(13)19;1-3-2;/h3,5-6,8,18H,2H2,1H3,(H2,13,19)(H2,12,15,16);3H2,1-2H3;1H4/t5-,6?,8-;;/m0../s1. The van der Waals surface area contributed by atoms with Gasteiger partial charge < -0.3 is 21.3 Å². The Hall–Kier alpha value is -2.26. The van der Waals surface area contributed by atoms with Crippen LogP contribution in [0.1, 0.15) is 46.2 Å². The molecule has 2 aromatic rings. The minimum absolute atomic E-state index is 0. The Kier molecular flexibility index (Phi) is 6.61. The summed E-state index contributed by atoms with van der Waals surface area (Å²) in [6.07, 6.45) is 0.423. The number of nitrogens with two attached hydrogens (primary N) is 2. The predicted molar refractivity (Wildman–Crippen MR) is 90.9 cm³/mol. The molecular formula is C15H26N6O3. The monoisotopic (exact) mass is 338 g/mol. The Labute approximate surface area is 141 Å². The summed E-state index contributed by atoms with van der Waals surface area (Å²) in [6.45, 7) is 5.96. The van der Waals surface area contributed by atoms with Gasteiger partial charge in [-0.1, -0.05) is 27.7 Å². The number of amides is 1. The SMILES string of the molecule is C.CCC.Cc1nc(N)c2ncn(C3C[C@H](O)[C@@H](C(N)=O)O3)c2n1. The fourth-order valence-corrected chi connectivity index (χ4v) is 2.34. The maximum atomic E-state index is 11.2. The molecule has 1 saturated heterocycles. The lowest BCUT2D eigenvalue weighted by Crippen LogP contribution is -2.36. The minimum Gasteiger partial charge on any atom is -0.390 e. The number of fused-ring (bicyclic) bond motifs is 1. The molecule has 1 fully saturated rings. The van der Waals surface area contributed by atoms with E-state index in [0.717, 1.165) is 0 Å². The normalized spacial score (nSPS) is 22.6. The molecule has 0 aliphatic carbocycles. The van der Waals surface area contributed by atoms with Crippen molar-refractivity contribution in [1.29, 1.82) is 0 Å². The molecule has 0 spiro atoms. The van der Waals surface area contributed by atoms with Gasteiger partial charge in [0.1, 0.15) is 17.6 Å². The van der Waals surface area contributed by atoms with Crippen LogP contribution in [-0.4, -0.2) is 42.7 Å². The third kappa shape index (κ3) is 3.80. The van der Waals surface area contributed by atoms with E-state index in [1.165, 1.54) is 12.7 Å². The smallest absolute Gasteiger partial charge is 0.249 e. The quantitative estimate of drug-likeness (QED) is 0.738. The Morgan fingerprint density at radius 2 is 2.08 bits per heavy atom. The van der Waals surface area contributed by atoms with Crippen molar-refractivity contribution >= 4 is 22.9 Å². The molecule has 5 N–H and O–H groups in total. The molecule has 2 aromatic heterocycles. The number of aliphatic hydroxyl groups excluding tert-OH is 1. The number of aryl methyl sites for hydroxylation is 1. The summed E-state index contributed by atoms with van der Waals surface area (Å²) in [7, 11) is 0. The lowest BCUT2D eigenvalue weighted by molar-refractivity contribution is -0.134. The third-order valence-corrected chi connectivity index (χ3v) is 3.25. The number of hydrogen-bond donors (Lipinski definition) is 3. The van der Waals surface area contributed by atoms with Crippen molar-refractivity contribution in [3.05, 3.63) is 12.2 Å². The van der Waals surface area contributed by atoms with Crippen LogP contribution in [0.4, 0.5) is 5.82 Å². The zero-order valence-corrected chi connectivity index (χ0v) is 13.4. The second kappa shape index (κ2) is 8.02. The van der Waals surface area contributed by atoms with Gasteiger partial charge in [-0.05, 0) is 6.92 Å². The van der Waals surface area contributed by atoms with Crippen LogP contribution >= 0.6 is 0 Å². The highest BCUT2D eigenvalue weighted by molar-refractivity contribution is 5.82. The van der Waals surface area contributed by atoms with Crippen LogP contribution in [-0.2, 0) is 9.53 Å². The fraction of sp³-hybridized carbons (Fsp3) is 0.600. The average Bonchev–Trinajstić information content (AvgIpc) is 3.03. The molecule has 9 heteroatoms. The second-order valence-electron chi connectivity index (χ2n) is 5.40. The van der Waals surface area contributed by atoms with E-state index in [1.54, 1.807) is 11.5 Å². The second-order valence-corrected chi connectivity index (χ2v) is 5.40. The highest BCUT2D eigenvalue weighted by atomic mass is 16.5. The van der Waals surface area contributed by atoms with Crippen molar-refractivity contribution in [2.75, 3.05) is 5.73 Å². The largest absolute Gasteiger partial charge is 0.390 e. The van der Waals surface area contributed by atoms with Gasteiger partial charge in [-0.3, -0.25) is 9.36 Å². The summed E-state index contributed by atoms with van der Waals surface area (Å²) in [6, 6.07) is 0. The predicted octanol–water partition coefficient (Wildman–Crippen LogP) is 0.903. The molecule has 9 nitrogen and oxygen atoms in total. The molecule has 1 aliphatic heterocycles. The number of hydrogen-bond acceptors (Lipinski definition) is 7. The van der Waals surface area contributed by atoms with Gasteiger partial charge in [0.25, 0.3) is 0 Å². The van der Waals surface area contributed by atoms with Gasteiger partial charge in [-0.25, -0.2) is 15.0 Å². The molecule has 3 atom stereocenters. The van der Waals surface area contributed by atoms with Crippen LogP contribution in [0, 0.1) is 6.92 Å². The number of anilines is 1. The summed E-state index contributed by atoms with van der Waals surface area (Å²) >= 11 is 0. The zero-order chi connectivity index (χ0) is 17.1. The van der Waals surface area contributed by atoms with Crippen LogP contribution in [0.3, 0.4) is 0 Å². The van der Waals surface area contributed by atoms with Crippen LogP contribution in [0.15, 0.2) is 6.33 Å². The molecule has 3 heterocycles. The Morgan fingerprint density at radius 3 is 2.62 bits per heavy atom. The molecule has 0 saturated carbocycles. The molecule has 3 rings (SSSR count). The average molecular weight is 338 g/mol. The molecule has 24 heavy (non-hydrogen) atoms. The summed E-state index contributed by atoms with van der Waals surface area (Å²) in [5.74, 6) is 0.0766. The molecule has 0 bridgehead atoms. The number of rotatable bonds is 2. The van der Waals surface area contributed by atoms with E-state index in [4.69, 9.17) is 16.2 Å². The highest BCUT2D eigenvalue weighted by Gasteiger charge is 2.39. The number of ether oxygens (including phenoxy) is 1.